The molecule has 4 rings (SSSR count). The number of aromatic nitrogens is 1. The summed E-state index contributed by atoms with van der Waals surface area (Å²) in [5, 5.41) is 7.28. The highest BCUT2D eigenvalue weighted by atomic mass is 32.1. The molecule has 0 bridgehead atoms. The molecule has 1 aromatic heterocycles. The van der Waals surface area contributed by atoms with Crippen LogP contribution in [0.3, 0.4) is 0 Å². The summed E-state index contributed by atoms with van der Waals surface area (Å²) in [7, 11) is 2.93. The van der Waals surface area contributed by atoms with Crippen molar-refractivity contribution < 1.29 is 37.0 Å². The van der Waals surface area contributed by atoms with Crippen molar-refractivity contribution in [2.45, 2.75) is 19.3 Å². The quantitative estimate of drug-likeness (QED) is 0.215. The molecule has 0 aliphatic heterocycles. The Labute approximate surface area is 243 Å². The Bertz CT molecular complexity index is 1590. The molecule has 220 valence electrons. The summed E-state index contributed by atoms with van der Waals surface area (Å²) in [4.78, 5) is 30.1. The number of amides is 3. The number of urea groups is 1. The lowest BCUT2D eigenvalue weighted by atomic mass is 10.1. The lowest BCUT2D eigenvalue weighted by Crippen LogP contribution is -2.30. The Morgan fingerprint density at radius 1 is 0.952 bits per heavy atom. The minimum absolute atomic E-state index is 0.229. The second-order valence-electron chi connectivity index (χ2n) is 8.71. The number of anilines is 1. The topological polar surface area (TPSA) is 103 Å². The number of benzene rings is 3. The molecule has 0 saturated heterocycles. The third-order valence-electron chi connectivity index (χ3n) is 5.89. The van der Waals surface area contributed by atoms with Crippen molar-refractivity contribution in [1.82, 2.24) is 9.88 Å². The molecule has 0 fully saturated rings. The molecule has 4 aromatic rings. The average molecular weight is 601 g/mol. The van der Waals surface area contributed by atoms with Gasteiger partial charge in [0, 0.05) is 30.2 Å². The van der Waals surface area contributed by atoms with Crippen molar-refractivity contribution in [3.8, 4) is 28.5 Å². The third kappa shape index (κ3) is 8.13. The van der Waals surface area contributed by atoms with E-state index in [2.05, 4.69) is 20.4 Å². The minimum Gasteiger partial charge on any atom is -0.497 e. The maximum atomic E-state index is 13.2. The Hall–Kier alpha value is -4.78. The zero-order chi connectivity index (χ0) is 30.1. The Kier molecular flexibility index (Phi) is 9.86. The van der Waals surface area contributed by atoms with Crippen molar-refractivity contribution in [3.63, 3.8) is 0 Å². The molecule has 42 heavy (non-hydrogen) atoms. The molecule has 0 radical (unpaired) electrons. The zero-order valence-corrected chi connectivity index (χ0v) is 23.4. The fraction of sp³-hybridized carbons (Fsp3) is 0.207. The van der Waals surface area contributed by atoms with Gasteiger partial charge in [0.05, 0.1) is 25.5 Å². The normalized spacial score (nSPS) is 11.6. The van der Waals surface area contributed by atoms with Crippen LogP contribution in [0, 0.1) is 0 Å². The molecule has 0 saturated carbocycles. The highest BCUT2D eigenvalue weighted by Gasteiger charge is 2.31. The Balaban J connectivity index is 1.58. The fourth-order valence-corrected chi connectivity index (χ4v) is 4.88. The number of alkyl halides is 3. The predicted molar refractivity (Wildman–Crippen MR) is 152 cm³/mol. The van der Waals surface area contributed by atoms with Crippen LogP contribution in [0.4, 0.5) is 23.7 Å². The number of thiazole rings is 1. The first-order valence-corrected chi connectivity index (χ1v) is 13.5. The summed E-state index contributed by atoms with van der Waals surface area (Å²) in [6.45, 7) is 0.649. The summed E-state index contributed by atoms with van der Waals surface area (Å²) in [6.07, 6.45) is -4.34. The van der Waals surface area contributed by atoms with E-state index in [0.717, 1.165) is 0 Å². The molecule has 0 aliphatic rings. The van der Waals surface area contributed by atoms with Crippen molar-refractivity contribution in [2.75, 3.05) is 26.1 Å². The molecule has 0 unspecified atom stereocenters. The van der Waals surface area contributed by atoms with E-state index in [1.165, 1.54) is 49.8 Å². The van der Waals surface area contributed by atoms with E-state index in [1.807, 2.05) is 6.07 Å². The first kappa shape index (κ1) is 30.2. The van der Waals surface area contributed by atoms with E-state index in [-0.39, 0.29) is 17.3 Å². The van der Waals surface area contributed by atoms with E-state index in [9.17, 15) is 22.8 Å². The molecule has 13 heteroatoms. The standard InChI is InChI=1S/C29H27F3N4O5S/c1-39-22-13-14-23(25(17-22)40-2)26(37)35-28-36(16-6-15-33-27(38)34-20-7-4-3-5-8-20)24(18-42-28)19-9-11-21(12-10-19)41-29(30,31)32/h3-5,7-14,17-18H,6,15-16H2,1-2H3,(H2,33,34,38). The lowest BCUT2D eigenvalue weighted by molar-refractivity contribution is -0.274. The van der Waals surface area contributed by atoms with Crippen molar-refractivity contribution in [1.29, 1.82) is 0 Å². The molecule has 0 spiro atoms. The van der Waals surface area contributed by atoms with Gasteiger partial charge in [-0.1, -0.05) is 18.2 Å². The SMILES string of the molecule is COc1ccc(C(=O)N=c2scc(-c3ccc(OC(F)(F)F)cc3)n2CCCNC(=O)Nc2ccccc2)c(OC)c1. The molecule has 2 N–H and O–H groups in total. The van der Waals surface area contributed by atoms with Crippen LogP contribution in [0.25, 0.3) is 11.3 Å². The van der Waals surface area contributed by atoms with Crippen molar-refractivity contribution in [3.05, 3.63) is 88.5 Å². The molecular formula is C29H27F3N4O5S. The summed E-state index contributed by atoms with van der Waals surface area (Å²) in [5.74, 6) is -0.0989. The van der Waals surface area contributed by atoms with E-state index < -0.39 is 12.3 Å². The van der Waals surface area contributed by atoms with Crippen LogP contribution in [0.1, 0.15) is 16.8 Å². The number of nitrogens with one attached hydrogen (secondary N) is 2. The summed E-state index contributed by atoms with van der Waals surface area (Å²) in [5.41, 5.74) is 2.09. The molecule has 0 aliphatic carbocycles. The number of ether oxygens (including phenoxy) is 3. The van der Waals surface area contributed by atoms with Crippen molar-refractivity contribution >= 4 is 29.0 Å². The summed E-state index contributed by atoms with van der Waals surface area (Å²) < 4.78 is 54.1. The van der Waals surface area contributed by atoms with Crippen LogP contribution in [0.2, 0.25) is 0 Å². The smallest absolute Gasteiger partial charge is 0.497 e. The summed E-state index contributed by atoms with van der Waals surface area (Å²) >= 11 is 1.19. The Morgan fingerprint density at radius 3 is 2.33 bits per heavy atom. The van der Waals surface area contributed by atoms with Crippen LogP contribution in [0.15, 0.2) is 83.2 Å². The van der Waals surface area contributed by atoms with Gasteiger partial charge in [-0.05, 0) is 60.5 Å². The van der Waals surface area contributed by atoms with Crippen LogP contribution in [0.5, 0.6) is 17.2 Å². The number of halogens is 3. The number of methoxy groups -OCH3 is 2. The molecular weight excluding hydrogens is 573 g/mol. The number of rotatable bonds is 10. The minimum atomic E-state index is -4.81. The zero-order valence-electron chi connectivity index (χ0n) is 22.6. The van der Waals surface area contributed by atoms with Gasteiger partial charge >= 0.3 is 12.4 Å². The first-order valence-electron chi connectivity index (χ1n) is 12.6. The van der Waals surface area contributed by atoms with Gasteiger partial charge in [-0.15, -0.1) is 24.5 Å². The van der Waals surface area contributed by atoms with Gasteiger partial charge in [-0.2, -0.15) is 4.99 Å². The van der Waals surface area contributed by atoms with E-state index >= 15 is 0 Å². The second-order valence-corrected chi connectivity index (χ2v) is 9.55. The molecule has 1 heterocycles. The van der Waals surface area contributed by atoms with Crippen molar-refractivity contribution in [2.24, 2.45) is 4.99 Å². The van der Waals surface area contributed by atoms with Gasteiger partial charge in [0.15, 0.2) is 4.80 Å². The highest BCUT2D eigenvalue weighted by molar-refractivity contribution is 7.07. The third-order valence-corrected chi connectivity index (χ3v) is 6.76. The van der Waals surface area contributed by atoms with Gasteiger partial charge < -0.3 is 29.4 Å². The number of carbonyl (C=O) groups excluding carboxylic acids is 2. The number of hydrogen-bond donors (Lipinski definition) is 2. The molecule has 9 nitrogen and oxygen atoms in total. The first-order chi connectivity index (χ1) is 20.2. The number of hydrogen-bond acceptors (Lipinski definition) is 6. The predicted octanol–water partition coefficient (Wildman–Crippen LogP) is 6.09. The number of nitrogens with zero attached hydrogens (tertiary/aromatic N) is 2. The van der Waals surface area contributed by atoms with Gasteiger partial charge in [0.25, 0.3) is 5.91 Å². The Morgan fingerprint density at radius 2 is 1.67 bits per heavy atom. The molecule has 3 aromatic carbocycles. The van der Waals surface area contributed by atoms with E-state index in [1.54, 1.807) is 52.4 Å². The van der Waals surface area contributed by atoms with Crippen LogP contribution >= 0.6 is 11.3 Å². The van der Waals surface area contributed by atoms with Gasteiger partial charge in [0.1, 0.15) is 17.2 Å². The maximum absolute atomic E-state index is 13.2. The van der Waals surface area contributed by atoms with Gasteiger partial charge in [-0.25, -0.2) is 4.79 Å². The monoisotopic (exact) mass is 600 g/mol. The highest BCUT2D eigenvalue weighted by Crippen LogP contribution is 2.28. The molecule has 3 amide bonds. The van der Waals surface area contributed by atoms with Gasteiger partial charge in [0.2, 0.25) is 0 Å². The number of carbonyl (C=O) groups is 2. The fourth-order valence-electron chi connectivity index (χ4n) is 3.95. The van der Waals surface area contributed by atoms with Crippen LogP contribution in [-0.2, 0) is 6.54 Å². The maximum Gasteiger partial charge on any atom is 0.573 e. The average Bonchev–Trinajstić information content (AvgIpc) is 3.36. The second kappa shape index (κ2) is 13.7. The molecule has 0 atom stereocenters. The van der Waals surface area contributed by atoms with E-state index in [4.69, 9.17) is 9.47 Å². The van der Waals surface area contributed by atoms with Gasteiger partial charge in [-0.3, -0.25) is 4.79 Å². The largest absolute Gasteiger partial charge is 0.573 e. The van der Waals surface area contributed by atoms with E-state index in [0.29, 0.717) is 52.8 Å². The number of para-hydroxylation sites is 1. The van der Waals surface area contributed by atoms with Crippen LogP contribution < -0.4 is 29.6 Å². The summed E-state index contributed by atoms with van der Waals surface area (Å²) in [6, 6.07) is 18.8. The lowest BCUT2D eigenvalue weighted by Gasteiger charge is -2.12. The van der Waals surface area contributed by atoms with Crippen LogP contribution in [-0.4, -0.2) is 43.6 Å².